The van der Waals surface area contributed by atoms with Crippen molar-refractivity contribution in [2.24, 2.45) is 0 Å². The minimum atomic E-state index is -1.19. The Morgan fingerprint density at radius 1 is 1.13 bits per heavy atom. The Kier molecular flexibility index (Phi) is 5.87. The maximum absolute atomic E-state index is 14.8. The van der Waals surface area contributed by atoms with Crippen molar-refractivity contribution < 1.29 is 27.9 Å². The first-order chi connectivity index (χ1) is 14.1. The number of phenolic OH excluding ortho intramolecular Hbond substituents is 1. The number of hydrogen-bond acceptors (Lipinski definition) is 3. The summed E-state index contributed by atoms with van der Waals surface area (Å²) in [5.74, 6) is -4.95. The van der Waals surface area contributed by atoms with E-state index in [1.807, 2.05) is 13.8 Å². The van der Waals surface area contributed by atoms with Crippen molar-refractivity contribution >= 4 is 22.7 Å². The number of nitrogens with zero attached hydrogens (tertiary/aromatic N) is 1. The molecule has 0 radical (unpaired) electrons. The molecule has 0 aliphatic rings. The fraction of sp³-hybridized carbons (Fsp3) is 0.273. The van der Waals surface area contributed by atoms with Crippen LogP contribution in [-0.2, 0) is 11.2 Å². The van der Waals surface area contributed by atoms with Gasteiger partial charge in [0.2, 0.25) is 5.91 Å². The third-order valence-corrected chi connectivity index (χ3v) is 5.14. The van der Waals surface area contributed by atoms with E-state index < -0.39 is 29.1 Å². The van der Waals surface area contributed by atoms with E-state index in [0.29, 0.717) is 6.42 Å². The second kappa shape index (κ2) is 8.22. The molecule has 1 atom stereocenters. The van der Waals surface area contributed by atoms with Crippen LogP contribution in [0.25, 0.3) is 10.9 Å². The molecule has 1 amide bonds. The van der Waals surface area contributed by atoms with E-state index in [0.717, 1.165) is 28.8 Å². The summed E-state index contributed by atoms with van der Waals surface area (Å²) in [6, 6.07) is 5.06. The van der Waals surface area contributed by atoms with E-state index in [-0.39, 0.29) is 46.1 Å². The Morgan fingerprint density at radius 3 is 2.47 bits per heavy atom. The van der Waals surface area contributed by atoms with E-state index in [1.54, 1.807) is 0 Å². The highest BCUT2D eigenvalue weighted by Crippen LogP contribution is 2.33. The van der Waals surface area contributed by atoms with Gasteiger partial charge in [0.25, 0.3) is 5.91 Å². The summed E-state index contributed by atoms with van der Waals surface area (Å²) < 4.78 is 42.8. The molecule has 0 saturated carbocycles. The molecule has 0 saturated heterocycles. The summed E-state index contributed by atoms with van der Waals surface area (Å²) in [6.45, 7) is 5.26. The molecule has 0 aliphatic heterocycles. The van der Waals surface area contributed by atoms with Crippen LogP contribution in [0.15, 0.2) is 30.3 Å². The third-order valence-electron chi connectivity index (χ3n) is 5.14. The number of hydrogen-bond donors (Lipinski definition) is 2. The Balaban J connectivity index is 2.17. The van der Waals surface area contributed by atoms with Gasteiger partial charge in [-0.15, -0.1) is 0 Å². The summed E-state index contributed by atoms with van der Waals surface area (Å²) >= 11 is 0. The summed E-state index contributed by atoms with van der Waals surface area (Å²) in [4.78, 5) is 25.5. The maximum Gasteiger partial charge on any atom is 0.262 e. The lowest BCUT2D eigenvalue weighted by molar-refractivity contribution is -0.121. The zero-order valence-electron chi connectivity index (χ0n) is 16.7. The molecule has 1 heterocycles. The number of aromatic hydroxyl groups is 1. The normalized spacial score (nSPS) is 12.2. The van der Waals surface area contributed by atoms with Crippen LogP contribution in [0.4, 0.5) is 13.2 Å². The predicted octanol–water partition coefficient (Wildman–Crippen LogP) is 4.22. The van der Waals surface area contributed by atoms with Crippen LogP contribution in [0.3, 0.4) is 0 Å². The quantitative estimate of drug-likeness (QED) is 0.652. The lowest BCUT2D eigenvalue weighted by Gasteiger charge is -2.12. The van der Waals surface area contributed by atoms with Gasteiger partial charge in [-0.05, 0) is 56.2 Å². The second-order valence-corrected chi connectivity index (χ2v) is 7.18. The van der Waals surface area contributed by atoms with E-state index in [9.17, 15) is 27.9 Å². The minimum absolute atomic E-state index is 0.0669. The number of fused-ring (bicyclic) bond motifs is 1. The van der Waals surface area contributed by atoms with Gasteiger partial charge < -0.3 is 10.4 Å². The van der Waals surface area contributed by atoms with E-state index in [1.165, 1.54) is 13.0 Å². The van der Waals surface area contributed by atoms with E-state index in [4.69, 9.17) is 0 Å². The lowest BCUT2D eigenvalue weighted by atomic mass is 10.1. The topological polar surface area (TPSA) is 71.3 Å². The van der Waals surface area contributed by atoms with Gasteiger partial charge in [0.15, 0.2) is 23.2 Å². The first kappa shape index (κ1) is 21.4. The van der Waals surface area contributed by atoms with Gasteiger partial charge in [-0.1, -0.05) is 6.92 Å². The molecule has 30 heavy (non-hydrogen) atoms. The average molecular weight is 418 g/mol. The van der Waals surface area contributed by atoms with Crippen LogP contribution in [0.2, 0.25) is 0 Å². The molecule has 0 bridgehead atoms. The van der Waals surface area contributed by atoms with Crippen molar-refractivity contribution in [2.75, 3.05) is 0 Å². The molecule has 158 valence electrons. The number of nitrogens with one attached hydrogen (secondary N) is 1. The van der Waals surface area contributed by atoms with Crippen LogP contribution >= 0.6 is 0 Å². The van der Waals surface area contributed by atoms with Crippen LogP contribution in [-0.4, -0.2) is 27.5 Å². The molecule has 1 aromatic heterocycles. The fourth-order valence-electron chi connectivity index (χ4n) is 3.35. The maximum atomic E-state index is 14.8. The highest BCUT2D eigenvalue weighted by atomic mass is 19.2. The molecule has 3 rings (SSSR count). The fourth-order valence-corrected chi connectivity index (χ4v) is 3.35. The molecule has 8 heteroatoms. The van der Waals surface area contributed by atoms with Crippen molar-refractivity contribution in [2.45, 2.75) is 39.7 Å². The van der Waals surface area contributed by atoms with Crippen molar-refractivity contribution in [1.29, 1.82) is 0 Å². The molecule has 0 aliphatic carbocycles. The smallest absolute Gasteiger partial charge is 0.262 e. The van der Waals surface area contributed by atoms with Crippen molar-refractivity contribution in [3.63, 3.8) is 0 Å². The standard InChI is InChI=1S/C22H21F3N2O3/c1-4-11(2)26-19(29)10-14-12(3)27(17-7-8-18(28)21(25)20(14)17)22(30)13-5-6-15(23)16(24)9-13/h5-9,11,28H,4,10H2,1-3H3,(H,26,29). The average Bonchev–Trinajstić information content (AvgIpc) is 2.98. The summed E-state index contributed by atoms with van der Waals surface area (Å²) in [5, 5.41) is 12.5. The van der Waals surface area contributed by atoms with Crippen LogP contribution in [0, 0.1) is 24.4 Å². The molecule has 1 unspecified atom stereocenters. The van der Waals surface area contributed by atoms with Crippen LogP contribution in [0.1, 0.15) is 41.9 Å². The minimum Gasteiger partial charge on any atom is -0.505 e. The highest BCUT2D eigenvalue weighted by Gasteiger charge is 2.25. The number of phenols is 1. The van der Waals surface area contributed by atoms with Crippen LogP contribution in [0.5, 0.6) is 5.75 Å². The predicted molar refractivity (Wildman–Crippen MR) is 106 cm³/mol. The zero-order chi connectivity index (χ0) is 22.2. The summed E-state index contributed by atoms with van der Waals surface area (Å²) in [7, 11) is 0. The van der Waals surface area contributed by atoms with Gasteiger partial charge in [-0.3, -0.25) is 14.2 Å². The van der Waals surface area contributed by atoms with Crippen molar-refractivity contribution in [1.82, 2.24) is 9.88 Å². The van der Waals surface area contributed by atoms with Crippen LogP contribution < -0.4 is 5.32 Å². The molecule has 5 nitrogen and oxygen atoms in total. The van der Waals surface area contributed by atoms with Gasteiger partial charge >= 0.3 is 0 Å². The zero-order valence-corrected chi connectivity index (χ0v) is 16.7. The molecule has 2 N–H and O–H groups in total. The highest BCUT2D eigenvalue weighted by molar-refractivity contribution is 6.05. The number of amides is 1. The number of benzene rings is 2. The van der Waals surface area contributed by atoms with E-state index >= 15 is 0 Å². The summed E-state index contributed by atoms with van der Waals surface area (Å²) in [6.07, 6.45) is 0.487. The van der Waals surface area contributed by atoms with Gasteiger partial charge in [0.1, 0.15) is 0 Å². The van der Waals surface area contributed by atoms with Crippen molar-refractivity contribution in [3.8, 4) is 5.75 Å². The largest absolute Gasteiger partial charge is 0.505 e. The number of aromatic nitrogens is 1. The number of halogens is 3. The molecule has 0 fully saturated rings. The molecular weight excluding hydrogens is 397 g/mol. The van der Waals surface area contributed by atoms with Gasteiger partial charge in [-0.25, -0.2) is 13.2 Å². The monoisotopic (exact) mass is 418 g/mol. The van der Waals surface area contributed by atoms with Gasteiger partial charge in [0.05, 0.1) is 11.9 Å². The first-order valence-corrected chi connectivity index (χ1v) is 9.46. The number of carbonyl (C=O) groups is 2. The SMILES string of the molecule is CCC(C)NC(=O)Cc1c(C)n(C(=O)c2ccc(F)c(F)c2)c2ccc(O)c(F)c12. The number of carbonyl (C=O) groups excluding carboxylic acids is 2. The molecule has 3 aromatic rings. The second-order valence-electron chi connectivity index (χ2n) is 7.18. The molecule has 0 spiro atoms. The van der Waals surface area contributed by atoms with Gasteiger partial charge in [0, 0.05) is 22.7 Å². The lowest BCUT2D eigenvalue weighted by Crippen LogP contribution is -2.33. The van der Waals surface area contributed by atoms with Crippen molar-refractivity contribution in [3.05, 3.63) is 64.6 Å². The Morgan fingerprint density at radius 2 is 1.83 bits per heavy atom. The Hall–Kier alpha value is -3.29. The Bertz CT molecular complexity index is 1150. The van der Waals surface area contributed by atoms with E-state index in [2.05, 4.69) is 5.32 Å². The van der Waals surface area contributed by atoms with Gasteiger partial charge in [-0.2, -0.15) is 0 Å². The third kappa shape index (κ3) is 3.77. The number of rotatable bonds is 5. The molecular formula is C22H21F3N2O3. The first-order valence-electron chi connectivity index (χ1n) is 9.46. The molecule has 2 aromatic carbocycles. The Labute approximate surface area is 171 Å². The summed E-state index contributed by atoms with van der Waals surface area (Å²) in [5.41, 5.74) is 0.473.